The molecule has 148 valence electrons. The summed E-state index contributed by atoms with van der Waals surface area (Å²) < 4.78 is 42.2. The number of halogens is 3. The lowest BCUT2D eigenvalue weighted by molar-refractivity contribution is 0.0632. The van der Waals surface area contributed by atoms with Gasteiger partial charge in [-0.2, -0.15) is 8.78 Å². The van der Waals surface area contributed by atoms with Crippen LogP contribution in [-0.4, -0.2) is 43.9 Å². The van der Waals surface area contributed by atoms with E-state index in [1.54, 1.807) is 14.1 Å². The van der Waals surface area contributed by atoms with Crippen LogP contribution in [0.25, 0.3) is 5.57 Å². The van der Waals surface area contributed by atoms with Crippen molar-refractivity contribution in [1.82, 2.24) is 10.2 Å². The predicted octanol–water partition coefficient (Wildman–Crippen LogP) is 4.90. The molecule has 2 rings (SSSR count). The molecule has 0 aliphatic carbocycles. The fraction of sp³-hybridized carbons (Fsp3) is 0.550. The number of aryl methyl sites for hydroxylation is 1. The van der Waals surface area contributed by atoms with Crippen LogP contribution in [0.4, 0.5) is 13.2 Å². The van der Waals surface area contributed by atoms with E-state index in [0.29, 0.717) is 5.56 Å². The van der Waals surface area contributed by atoms with E-state index in [4.69, 9.17) is 0 Å². The van der Waals surface area contributed by atoms with Gasteiger partial charge in [-0.05, 0) is 24.6 Å². The lowest BCUT2D eigenvalue weighted by atomic mass is 9.91. The van der Waals surface area contributed by atoms with E-state index in [1.165, 1.54) is 30.4 Å². The topological polar surface area (TPSA) is 32.3 Å². The molecule has 6 heteroatoms. The van der Waals surface area contributed by atoms with Crippen molar-refractivity contribution in [3.05, 3.63) is 40.7 Å². The highest BCUT2D eigenvalue weighted by Gasteiger charge is 2.38. The van der Waals surface area contributed by atoms with Gasteiger partial charge in [-0.3, -0.25) is 4.79 Å². The van der Waals surface area contributed by atoms with Gasteiger partial charge in [0.2, 0.25) is 0 Å². The maximum absolute atomic E-state index is 14.3. The van der Waals surface area contributed by atoms with Crippen LogP contribution in [0.15, 0.2) is 18.2 Å². The molecule has 0 bridgehead atoms. The third-order valence-electron chi connectivity index (χ3n) is 3.40. The van der Waals surface area contributed by atoms with Crippen molar-refractivity contribution in [1.29, 1.82) is 0 Å². The van der Waals surface area contributed by atoms with Crippen molar-refractivity contribution in [3.63, 3.8) is 0 Å². The van der Waals surface area contributed by atoms with Gasteiger partial charge in [-0.1, -0.05) is 40.2 Å². The highest BCUT2D eigenvalue weighted by atomic mass is 19.3. The van der Waals surface area contributed by atoms with Gasteiger partial charge in [0, 0.05) is 37.3 Å². The molecule has 0 saturated heterocycles. The van der Waals surface area contributed by atoms with Crippen LogP contribution in [0.3, 0.4) is 0 Å². The van der Waals surface area contributed by atoms with E-state index in [-0.39, 0.29) is 29.2 Å². The number of carbonyl (C=O) groups is 1. The molecule has 1 aliphatic heterocycles. The Morgan fingerprint density at radius 2 is 1.77 bits per heavy atom. The van der Waals surface area contributed by atoms with Crippen molar-refractivity contribution in [3.8, 4) is 0 Å². The van der Waals surface area contributed by atoms with Gasteiger partial charge >= 0.3 is 0 Å². The first kappa shape index (κ1) is 24.2. The predicted molar refractivity (Wildman–Crippen MR) is 102 cm³/mol. The van der Waals surface area contributed by atoms with Crippen LogP contribution in [-0.2, 0) is 0 Å². The summed E-state index contributed by atoms with van der Waals surface area (Å²) in [6, 6.07) is 2.46. The van der Waals surface area contributed by atoms with Crippen molar-refractivity contribution < 1.29 is 18.0 Å². The molecule has 0 unspecified atom stereocenters. The Morgan fingerprint density at radius 3 is 2.19 bits per heavy atom. The number of carbonyl (C=O) groups excluding carboxylic acids is 1. The molecule has 1 aliphatic rings. The van der Waals surface area contributed by atoms with Crippen LogP contribution in [0.2, 0.25) is 0 Å². The molecule has 1 heterocycles. The summed E-state index contributed by atoms with van der Waals surface area (Å²) in [6.45, 7) is 9.53. The van der Waals surface area contributed by atoms with E-state index in [2.05, 4.69) is 19.2 Å². The van der Waals surface area contributed by atoms with Crippen molar-refractivity contribution in [2.24, 2.45) is 0 Å². The second-order valence-corrected chi connectivity index (χ2v) is 6.01. The van der Waals surface area contributed by atoms with Crippen molar-refractivity contribution in [2.75, 3.05) is 27.2 Å². The molecule has 0 fully saturated rings. The Labute approximate surface area is 155 Å². The molecule has 3 nitrogen and oxygen atoms in total. The molecule has 1 aromatic carbocycles. The molecule has 26 heavy (non-hydrogen) atoms. The first-order valence-corrected chi connectivity index (χ1v) is 8.97. The highest BCUT2D eigenvalue weighted by molar-refractivity contribution is 5.94. The summed E-state index contributed by atoms with van der Waals surface area (Å²) in [5, 5.41) is 2.55. The number of benzene rings is 1. The van der Waals surface area contributed by atoms with E-state index in [1.807, 2.05) is 13.8 Å². The number of nitrogens with zero attached hydrogens (tertiary/aromatic N) is 1. The van der Waals surface area contributed by atoms with E-state index < -0.39 is 18.3 Å². The Bertz CT molecular complexity index is 602. The summed E-state index contributed by atoms with van der Waals surface area (Å²) in [6.07, 6.45) is 2.54. The second kappa shape index (κ2) is 11.0. The minimum Gasteiger partial charge on any atom is -0.345 e. The average Bonchev–Trinajstić information content (AvgIpc) is 2.57. The molecule has 1 amide bonds. The summed E-state index contributed by atoms with van der Waals surface area (Å²) in [4.78, 5) is 13.2. The van der Waals surface area contributed by atoms with Gasteiger partial charge in [0.15, 0.2) is 0 Å². The third kappa shape index (κ3) is 6.16. The minimum absolute atomic E-state index is 0.114. The molecule has 0 radical (unpaired) electrons. The zero-order valence-electron chi connectivity index (χ0n) is 16.8. The van der Waals surface area contributed by atoms with Crippen LogP contribution >= 0.6 is 0 Å². The van der Waals surface area contributed by atoms with E-state index in [0.717, 1.165) is 6.07 Å². The van der Waals surface area contributed by atoms with Gasteiger partial charge < -0.3 is 10.2 Å². The minimum atomic E-state index is -3.13. The largest absolute Gasteiger partial charge is 0.345 e. The van der Waals surface area contributed by atoms with Gasteiger partial charge in [0.05, 0.1) is 6.54 Å². The van der Waals surface area contributed by atoms with Crippen LogP contribution in [0.5, 0.6) is 0 Å². The first-order valence-electron chi connectivity index (χ1n) is 8.97. The monoisotopic (exact) mass is 372 g/mol. The smallest absolute Gasteiger partial charge is 0.285 e. The SMILES string of the molecule is CC.CCC.Cc1cc(C(=O)N(C)C)cc(F)c1C1=CCNCC1(F)F. The van der Waals surface area contributed by atoms with Crippen LogP contribution < -0.4 is 5.32 Å². The standard InChI is InChI=1S/C15H17F3N2O.C3H8.C2H6/c1-9-6-10(14(21)20(2)3)7-12(16)13(9)11-4-5-19-8-15(11,17)18;1-3-2;1-2/h4,6-7,19H,5,8H2,1-3H3;3H2,1-2H3;1-2H3. The fourth-order valence-corrected chi connectivity index (χ4v) is 2.40. The Balaban J connectivity index is 0.00000113. The number of amides is 1. The number of alkyl halides is 2. The third-order valence-corrected chi connectivity index (χ3v) is 3.40. The number of hydrogen-bond donors (Lipinski definition) is 1. The number of nitrogens with one attached hydrogen (secondary N) is 1. The average molecular weight is 372 g/mol. The van der Waals surface area contributed by atoms with E-state index in [9.17, 15) is 18.0 Å². The quantitative estimate of drug-likeness (QED) is 0.801. The molecule has 0 saturated carbocycles. The lowest BCUT2D eigenvalue weighted by Gasteiger charge is -2.26. The summed E-state index contributed by atoms with van der Waals surface area (Å²) in [7, 11) is 3.10. The zero-order chi connectivity index (χ0) is 20.5. The molecule has 0 spiro atoms. The zero-order valence-corrected chi connectivity index (χ0v) is 16.8. The molecule has 0 atom stereocenters. The fourth-order valence-electron chi connectivity index (χ4n) is 2.40. The van der Waals surface area contributed by atoms with Gasteiger partial charge in [0.25, 0.3) is 11.8 Å². The summed E-state index contributed by atoms with van der Waals surface area (Å²) >= 11 is 0. The van der Waals surface area contributed by atoms with Gasteiger partial charge in [-0.25, -0.2) is 4.39 Å². The number of rotatable bonds is 2. The lowest BCUT2D eigenvalue weighted by Crippen LogP contribution is -2.38. The van der Waals surface area contributed by atoms with Crippen LogP contribution in [0, 0.1) is 12.7 Å². The Morgan fingerprint density at radius 1 is 1.23 bits per heavy atom. The maximum atomic E-state index is 14.3. The Hall–Kier alpha value is -1.82. The maximum Gasteiger partial charge on any atom is 0.285 e. The molecule has 0 aromatic heterocycles. The summed E-state index contributed by atoms with van der Waals surface area (Å²) in [5.41, 5.74) is 0.0431. The van der Waals surface area contributed by atoms with Crippen molar-refractivity contribution >= 4 is 11.5 Å². The summed E-state index contributed by atoms with van der Waals surface area (Å²) in [5.74, 6) is -4.29. The molecule has 1 N–H and O–H groups in total. The molecule has 1 aromatic rings. The normalized spacial score (nSPS) is 14.9. The molecular formula is C20H31F3N2O. The van der Waals surface area contributed by atoms with Gasteiger partial charge in [-0.15, -0.1) is 0 Å². The first-order chi connectivity index (χ1) is 12.2. The van der Waals surface area contributed by atoms with E-state index >= 15 is 0 Å². The second-order valence-electron chi connectivity index (χ2n) is 6.01. The highest BCUT2D eigenvalue weighted by Crippen LogP contribution is 2.37. The Kier molecular flexibility index (Phi) is 10.2. The number of hydrogen-bond acceptors (Lipinski definition) is 2. The molecular weight excluding hydrogens is 341 g/mol. The van der Waals surface area contributed by atoms with Crippen LogP contribution in [0.1, 0.15) is 55.6 Å². The van der Waals surface area contributed by atoms with Gasteiger partial charge in [0.1, 0.15) is 5.82 Å². The van der Waals surface area contributed by atoms with Crippen molar-refractivity contribution in [2.45, 2.75) is 47.0 Å².